The minimum absolute atomic E-state index is 0. The quantitative estimate of drug-likeness (QED) is 0.154. The van der Waals surface area contributed by atoms with Crippen LogP contribution in [0.3, 0.4) is 0 Å². The van der Waals surface area contributed by atoms with Gasteiger partial charge in [0, 0.05) is 50.8 Å². The predicted molar refractivity (Wildman–Crippen MR) is 317 cm³/mol. The number of imidazole rings is 1. The maximum Gasteiger partial charge on any atom is 0.136 e. The van der Waals surface area contributed by atoms with Crippen molar-refractivity contribution in [1.82, 2.24) is 18.5 Å². The molecule has 5 nitrogen and oxygen atoms in total. The third kappa shape index (κ3) is 9.01. The monoisotopic (exact) mass is 1180 g/mol. The number of aromatic nitrogens is 4. The summed E-state index contributed by atoms with van der Waals surface area (Å²) in [5, 5.41) is 5.15. The number of fused-ring (bicyclic) bond motifs is 23. The van der Waals surface area contributed by atoms with Gasteiger partial charge in [0.1, 0.15) is 5.65 Å². The van der Waals surface area contributed by atoms with Crippen LogP contribution >= 0.6 is 0 Å². The molecule has 0 saturated carbocycles. The van der Waals surface area contributed by atoms with E-state index in [4.69, 9.17) is 12.1 Å². The van der Waals surface area contributed by atoms with E-state index >= 15 is 0 Å². The molecule has 0 saturated heterocycles. The minimum Gasteiger partial charge on any atom is -0.510 e. The standard InChI is InChI=1S/C70H65N4O.Pt/c1-67(2,3)47-24-20-22-45(34-47)58-37-49(69(7,8)9)38-59-55-26-14-13-25-54(55)44-21-19-23-46(33-44)60-39-50(70(10,11)12)40-65(71-60)74-61-28-16-15-27-56(61)57-32-31-52(42-64(57)74)75-53-36-48(68(4,5)6)35-51(41-53)72-43-73(66(58)59)63-30-18-17-29-62(63)72;/h13-40,43H,1-12H3;/q-3;/i15D,16D,27D,28D,31D,32D;. The van der Waals surface area contributed by atoms with E-state index in [1.165, 1.54) is 11.1 Å². The van der Waals surface area contributed by atoms with Crippen LogP contribution < -0.4 is 0 Å². The van der Waals surface area contributed by atoms with Crippen LogP contribution in [-0.2, 0) is 42.7 Å². The summed E-state index contributed by atoms with van der Waals surface area (Å²) in [6.07, 6.45) is 2.16. The van der Waals surface area contributed by atoms with Gasteiger partial charge in [-0.15, -0.1) is 29.1 Å². The van der Waals surface area contributed by atoms with Crippen molar-refractivity contribution in [2.45, 2.75) is 105 Å². The van der Waals surface area contributed by atoms with Gasteiger partial charge in [-0.05, 0) is 119 Å². The Hall–Kier alpha value is -7.33. The zero-order chi connectivity index (χ0) is 57.6. The number of benzene rings is 8. The normalized spacial score (nSPS) is 13.7. The Morgan fingerprint density at radius 1 is 0.500 bits per heavy atom. The van der Waals surface area contributed by atoms with Crippen molar-refractivity contribution < 1.29 is 33.7 Å². The molecule has 8 aromatic carbocycles. The molecular formula is C70H65N4OPt-3. The Morgan fingerprint density at radius 3 is 1.88 bits per heavy atom. The minimum atomic E-state index is -0.441. The van der Waals surface area contributed by atoms with Gasteiger partial charge in [-0.2, -0.15) is 23.7 Å². The van der Waals surface area contributed by atoms with E-state index in [9.17, 15) is 5.48 Å². The molecule has 0 radical (unpaired) electrons. The van der Waals surface area contributed by atoms with E-state index in [1.54, 1.807) is 4.40 Å². The van der Waals surface area contributed by atoms with Crippen molar-refractivity contribution in [3.63, 3.8) is 0 Å². The fourth-order valence-corrected chi connectivity index (χ4v) is 10.4. The van der Waals surface area contributed by atoms with Crippen LogP contribution in [0.2, 0.25) is 0 Å². The molecule has 0 N–H and O–H groups in total. The first-order valence-electron chi connectivity index (χ1n) is 28.9. The molecule has 3 aromatic heterocycles. The number of para-hydroxylation sites is 3. The Kier molecular flexibility index (Phi) is 10.6. The second-order valence-corrected chi connectivity index (χ2v) is 24.3. The summed E-state index contributed by atoms with van der Waals surface area (Å²) in [5.41, 5.74) is 10.4. The summed E-state index contributed by atoms with van der Waals surface area (Å²) in [6.45, 7) is 26.4. The van der Waals surface area contributed by atoms with Crippen LogP contribution in [0.1, 0.15) is 114 Å². The van der Waals surface area contributed by atoms with Gasteiger partial charge in [0.15, 0.2) is 0 Å². The summed E-state index contributed by atoms with van der Waals surface area (Å²) < 4.78 is 69.0. The van der Waals surface area contributed by atoms with E-state index in [2.05, 4.69) is 232 Å². The Labute approximate surface area is 469 Å². The van der Waals surface area contributed by atoms with Gasteiger partial charge >= 0.3 is 0 Å². The molecule has 0 amide bonds. The zero-order valence-corrected chi connectivity index (χ0v) is 47.6. The van der Waals surface area contributed by atoms with Crippen molar-refractivity contribution in [1.29, 1.82) is 0 Å². The van der Waals surface area contributed by atoms with Crippen LogP contribution in [-0.4, -0.2) is 18.5 Å². The molecule has 76 heavy (non-hydrogen) atoms. The van der Waals surface area contributed by atoms with Crippen molar-refractivity contribution in [3.05, 3.63) is 210 Å². The van der Waals surface area contributed by atoms with Gasteiger partial charge in [0.05, 0.1) is 11.0 Å². The molecule has 12 rings (SSSR count). The molecule has 0 aliphatic carbocycles. The van der Waals surface area contributed by atoms with E-state index < -0.39 is 22.9 Å². The predicted octanol–water partition coefficient (Wildman–Crippen LogP) is 19.0. The molecular weight excluding hydrogens is 1110 g/mol. The van der Waals surface area contributed by atoms with Crippen molar-refractivity contribution in [2.24, 2.45) is 0 Å². The van der Waals surface area contributed by atoms with E-state index in [-0.39, 0.29) is 83.5 Å². The van der Waals surface area contributed by atoms with Crippen LogP contribution in [0, 0.1) is 12.1 Å². The van der Waals surface area contributed by atoms with Gasteiger partial charge in [-0.3, -0.25) is 0 Å². The second kappa shape index (κ2) is 18.5. The van der Waals surface area contributed by atoms with Crippen molar-refractivity contribution >= 4 is 82.1 Å². The number of nitrogens with zero attached hydrogens (tertiary/aromatic N) is 4. The molecule has 384 valence electrons. The zero-order valence-electron chi connectivity index (χ0n) is 51.3. The molecule has 0 atom stereocenters. The van der Waals surface area contributed by atoms with Crippen LogP contribution in [0.15, 0.2) is 180 Å². The number of pyridine rings is 1. The summed E-state index contributed by atoms with van der Waals surface area (Å²) in [5.74, 6) is 0. The Balaban J connectivity index is 0.00000705. The topological polar surface area (TPSA) is 40.3 Å². The van der Waals surface area contributed by atoms with E-state index in [0.29, 0.717) is 22.3 Å². The third-order valence-corrected chi connectivity index (χ3v) is 14.8. The first-order chi connectivity index (χ1) is 38.2. The smallest absolute Gasteiger partial charge is 0.136 e. The first-order valence-corrected chi connectivity index (χ1v) is 25.9. The van der Waals surface area contributed by atoms with Crippen molar-refractivity contribution in [3.8, 4) is 22.5 Å². The number of hydrogen-bond donors (Lipinski definition) is 0. The molecule has 0 unspecified atom stereocenters. The van der Waals surface area contributed by atoms with Crippen LogP contribution in [0.25, 0.3) is 105 Å². The first kappa shape index (κ1) is 43.9. The summed E-state index contributed by atoms with van der Waals surface area (Å²) in [7, 11) is 0. The molecule has 1 aliphatic rings. The molecule has 10 bridgehead atoms. The molecule has 6 heteroatoms. The average molecular weight is 1180 g/mol. The van der Waals surface area contributed by atoms with Gasteiger partial charge in [0.25, 0.3) is 0 Å². The Bertz CT molecular complexity index is 4770. The van der Waals surface area contributed by atoms with Crippen LogP contribution in [0.5, 0.6) is 0 Å². The Morgan fingerprint density at radius 2 is 1.14 bits per heavy atom. The molecule has 0 fully saturated rings. The molecule has 11 aromatic rings. The fourth-order valence-electron chi connectivity index (χ4n) is 10.4. The molecule has 4 heterocycles. The SMILES string of the molecule is [2H]c1c([2H])c([2H])c2c(c1[2H])c1c([2H])c([2H])c3[c-]c1n2c1cc(C(C)(C)C)cc(n1)c1cccc(c1)c1ccccc1c1cc(C(C)(C)C)cc(-c2cccc(C(C)(C)C)c2)c1n1[cH-]n(c2[c-]c(cc(C(C)(C)C)c2)o3)-c2ccccc2-1.[Pt]. The molecule has 0 spiro atoms. The van der Waals surface area contributed by atoms with Crippen molar-refractivity contribution in [2.75, 3.05) is 0 Å². The third-order valence-electron chi connectivity index (χ3n) is 14.8. The summed E-state index contributed by atoms with van der Waals surface area (Å²) in [6, 6.07) is 52.3. The van der Waals surface area contributed by atoms with Gasteiger partial charge in [0.2, 0.25) is 0 Å². The molecule has 1 aliphatic heterocycles. The van der Waals surface area contributed by atoms with Gasteiger partial charge in [-0.25, -0.2) is 4.98 Å². The number of rotatable bonds is 1. The summed E-state index contributed by atoms with van der Waals surface area (Å²) in [4.78, 5) is 5.42. The summed E-state index contributed by atoms with van der Waals surface area (Å²) >= 11 is 0. The van der Waals surface area contributed by atoms with E-state index in [1.807, 2.05) is 12.1 Å². The van der Waals surface area contributed by atoms with Gasteiger partial charge in [-0.1, -0.05) is 210 Å². The maximum absolute atomic E-state index is 9.74. The maximum atomic E-state index is 9.74. The van der Waals surface area contributed by atoms with E-state index in [0.717, 1.165) is 66.1 Å². The largest absolute Gasteiger partial charge is 0.510 e. The number of hydrogen-bond acceptors (Lipinski definition) is 2. The van der Waals surface area contributed by atoms with Crippen LogP contribution in [0.4, 0.5) is 0 Å². The second-order valence-electron chi connectivity index (χ2n) is 24.3. The van der Waals surface area contributed by atoms with Gasteiger partial charge < -0.3 is 18.0 Å². The average Bonchev–Trinajstić information content (AvgIpc) is 3.41. The fraction of sp³-hybridized carbons (Fsp3) is 0.229.